The van der Waals surface area contributed by atoms with Crippen LogP contribution in [0.3, 0.4) is 0 Å². The molecule has 0 aromatic heterocycles. The number of rotatable bonds is 4. The first-order chi connectivity index (χ1) is 8.85. The number of methoxy groups -OCH3 is 1. The van der Waals surface area contributed by atoms with Gasteiger partial charge in [-0.1, -0.05) is 26.8 Å². The van der Waals surface area contributed by atoms with Crippen molar-refractivity contribution in [2.75, 3.05) is 21.2 Å². The summed E-state index contributed by atoms with van der Waals surface area (Å²) >= 11 is 0. The SMILES string of the molecule is CNC(=O)C(NC)c1cc(C(C)(C)C)ccc1OC. The first-order valence-electron chi connectivity index (χ1n) is 6.42. The van der Waals surface area contributed by atoms with Crippen molar-refractivity contribution in [3.05, 3.63) is 29.3 Å². The molecule has 0 bridgehead atoms. The standard InChI is InChI=1S/C15H24N2O2/c1-15(2,3)10-7-8-12(19-6)11(9-10)13(16-4)14(18)17-5/h7-9,13,16H,1-6H3,(H,17,18). The molecular weight excluding hydrogens is 240 g/mol. The van der Waals surface area contributed by atoms with E-state index in [0.29, 0.717) is 0 Å². The molecule has 0 saturated carbocycles. The Kier molecular flexibility index (Phi) is 4.95. The Morgan fingerprint density at radius 2 is 1.89 bits per heavy atom. The van der Waals surface area contributed by atoms with Crippen LogP contribution in [0.25, 0.3) is 0 Å². The van der Waals surface area contributed by atoms with E-state index in [0.717, 1.165) is 11.3 Å². The zero-order chi connectivity index (χ0) is 14.6. The van der Waals surface area contributed by atoms with Crippen LogP contribution in [0.15, 0.2) is 18.2 Å². The van der Waals surface area contributed by atoms with E-state index in [9.17, 15) is 4.79 Å². The molecule has 106 valence electrons. The third-order valence-electron chi connectivity index (χ3n) is 3.20. The van der Waals surface area contributed by atoms with Gasteiger partial charge in [-0.05, 0) is 30.2 Å². The topological polar surface area (TPSA) is 50.4 Å². The molecule has 19 heavy (non-hydrogen) atoms. The molecule has 0 fully saturated rings. The fourth-order valence-electron chi connectivity index (χ4n) is 2.00. The van der Waals surface area contributed by atoms with Crippen molar-refractivity contribution < 1.29 is 9.53 Å². The molecule has 0 heterocycles. The highest BCUT2D eigenvalue weighted by Crippen LogP contribution is 2.31. The predicted molar refractivity (Wildman–Crippen MR) is 77.6 cm³/mol. The summed E-state index contributed by atoms with van der Waals surface area (Å²) in [5.74, 6) is 0.641. The van der Waals surface area contributed by atoms with Crippen LogP contribution in [0.1, 0.15) is 37.9 Å². The number of likely N-dealkylation sites (N-methyl/N-ethyl adjacent to an activating group) is 2. The zero-order valence-electron chi connectivity index (χ0n) is 12.6. The largest absolute Gasteiger partial charge is 0.496 e. The van der Waals surface area contributed by atoms with E-state index in [-0.39, 0.29) is 11.3 Å². The third kappa shape index (κ3) is 3.47. The third-order valence-corrected chi connectivity index (χ3v) is 3.20. The number of ether oxygens (including phenoxy) is 1. The van der Waals surface area contributed by atoms with Gasteiger partial charge in [0.25, 0.3) is 0 Å². The lowest BCUT2D eigenvalue weighted by Crippen LogP contribution is -2.34. The van der Waals surface area contributed by atoms with Gasteiger partial charge >= 0.3 is 0 Å². The number of carbonyl (C=O) groups is 1. The number of hydrogen-bond donors (Lipinski definition) is 2. The number of carbonyl (C=O) groups excluding carboxylic acids is 1. The van der Waals surface area contributed by atoms with Gasteiger partial charge in [0, 0.05) is 12.6 Å². The van der Waals surface area contributed by atoms with Crippen molar-refractivity contribution in [2.24, 2.45) is 0 Å². The summed E-state index contributed by atoms with van der Waals surface area (Å²) in [5, 5.41) is 5.70. The molecule has 4 nitrogen and oxygen atoms in total. The quantitative estimate of drug-likeness (QED) is 0.874. The molecule has 1 atom stereocenters. The first-order valence-corrected chi connectivity index (χ1v) is 6.42. The van der Waals surface area contributed by atoms with E-state index in [1.54, 1.807) is 21.2 Å². The molecule has 1 unspecified atom stereocenters. The van der Waals surface area contributed by atoms with Gasteiger partial charge in [-0.15, -0.1) is 0 Å². The van der Waals surface area contributed by atoms with Crippen molar-refractivity contribution in [2.45, 2.75) is 32.2 Å². The minimum absolute atomic E-state index is 0.0298. The van der Waals surface area contributed by atoms with Gasteiger partial charge in [0.2, 0.25) is 5.91 Å². The van der Waals surface area contributed by atoms with E-state index >= 15 is 0 Å². The molecule has 1 aromatic rings. The van der Waals surface area contributed by atoms with Crippen LogP contribution in [-0.2, 0) is 10.2 Å². The normalized spacial score (nSPS) is 12.9. The van der Waals surface area contributed by atoms with Crippen molar-refractivity contribution in [1.29, 1.82) is 0 Å². The minimum Gasteiger partial charge on any atom is -0.496 e. The highest BCUT2D eigenvalue weighted by molar-refractivity contribution is 5.83. The Labute approximate surface area is 115 Å². The van der Waals surface area contributed by atoms with Gasteiger partial charge in [-0.3, -0.25) is 4.79 Å². The zero-order valence-corrected chi connectivity index (χ0v) is 12.6. The van der Waals surface area contributed by atoms with Crippen molar-refractivity contribution in [1.82, 2.24) is 10.6 Å². The van der Waals surface area contributed by atoms with Gasteiger partial charge in [0.05, 0.1) is 7.11 Å². The van der Waals surface area contributed by atoms with Crippen LogP contribution in [0.4, 0.5) is 0 Å². The van der Waals surface area contributed by atoms with Gasteiger partial charge in [0.15, 0.2) is 0 Å². The van der Waals surface area contributed by atoms with E-state index in [1.165, 1.54) is 5.56 Å². The molecular formula is C15H24N2O2. The van der Waals surface area contributed by atoms with E-state index < -0.39 is 6.04 Å². The highest BCUT2D eigenvalue weighted by atomic mass is 16.5. The predicted octanol–water partition coefficient (Wildman–Crippen LogP) is 2.00. The van der Waals surface area contributed by atoms with Crippen LogP contribution in [0, 0.1) is 0 Å². The highest BCUT2D eigenvalue weighted by Gasteiger charge is 2.24. The Morgan fingerprint density at radius 1 is 1.26 bits per heavy atom. The second-order valence-electron chi connectivity index (χ2n) is 5.54. The molecule has 1 amide bonds. The molecule has 0 aliphatic heterocycles. The minimum atomic E-state index is -0.415. The second kappa shape index (κ2) is 6.06. The van der Waals surface area contributed by atoms with Crippen LogP contribution in [0.2, 0.25) is 0 Å². The fraction of sp³-hybridized carbons (Fsp3) is 0.533. The van der Waals surface area contributed by atoms with Crippen LogP contribution in [0.5, 0.6) is 5.75 Å². The maximum absolute atomic E-state index is 11.9. The summed E-state index contributed by atoms with van der Waals surface area (Å²) in [6.07, 6.45) is 0. The van der Waals surface area contributed by atoms with E-state index in [1.807, 2.05) is 18.2 Å². The van der Waals surface area contributed by atoms with Crippen molar-refractivity contribution >= 4 is 5.91 Å². The average Bonchev–Trinajstić information content (AvgIpc) is 2.38. The Bertz CT molecular complexity index is 450. The smallest absolute Gasteiger partial charge is 0.241 e. The van der Waals surface area contributed by atoms with Crippen molar-refractivity contribution in [3.8, 4) is 5.75 Å². The molecule has 0 spiro atoms. The monoisotopic (exact) mass is 264 g/mol. The Morgan fingerprint density at radius 3 is 2.32 bits per heavy atom. The summed E-state index contributed by atoms with van der Waals surface area (Å²) in [5.41, 5.74) is 2.06. The second-order valence-corrected chi connectivity index (χ2v) is 5.54. The molecule has 1 aromatic carbocycles. The van der Waals surface area contributed by atoms with Crippen LogP contribution in [-0.4, -0.2) is 27.1 Å². The van der Waals surface area contributed by atoms with Gasteiger partial charge in [-0.2, -0.15) is 0 Å². The summed E-state index contributed by atoms with van der Waals surface area (Å²) in [6.45, 7) is 6.44. The number of amides is 1. The molecule has 0 aliphatic rings. The molecule has 0 aliphatic carbocycles. The number of benzene rings is 1. The van der Waals surface area contributed by atoms with Crippen molar-refractivity contribution in [3.63, 3.8) is 0 Å². The summed E-state index contributed by atoms with van der Waals surface area (Å²) < 4.78 is 5.37. The lowest BCUT2D eigenvalue weighted by Gasteiger charge is -2.24. The maximum atomic E-state index is 11.9. The molecule has 0 radical (unpaired) electrons. The van der Waals surface area contributed by atoms with Gasteiger partial charge in [0.1, 0.15) is 11.8 Å². The summed E-state index contributed by atoms with van der Waals surface area (Å²) in [7, 11) is 5.02. The molecule has 0 saturated heterocycles. The van der Waals surface area contributed by atoms with Crippen LogP contribution >= 0.6 is 0 Å². The Hall–Kier alpha value is -1.55. The number of hydrogen-bond acceptors (Lipinski definition) is 3. The average molecular weight is 264 g/mol. The maximum Gasteiger partial charge on any atom is 0.241 e. The fourth-order valence-corrected chi connectivity index (χ4v) is 2.00. The molecule has 4 heteroatoms. The first kappa shape index (κ1) is 15.5. The van der Waals surface area contributed by atoms with Crippen LogP contribution < -0.4 is 15.4 Å². The lowest BCUT2D eigenvalue weighted by molar-refractivity contribution is -0.122. The number of nitrogens with one attached hydrogen (secondary N) is 2. The van der Waals surface area contributed by atoms with E-state index in [4.69, 9.17) is 4.74 Å². The Balaban J connectivity index is 3.33. The summed E-state index contributed by atoms with van der Waals surface area (Å²) in [6, 6.07) is 5.58. The molecule has 2 N–H and O–H groups in total. The lowest BCUT2D eigenvalue weighted by atomic mass is 9.85. The van der Waals surface area contributed by atoms with Gasteiger partial charge < -0.3 is 15.4 Å². The molecule has 1 rings (SSSR count). The van der Waals surface area contributed by atoms with Gasteiger partial charge in [-0.25, -0.2) is 0 Å². The van der Waals surface area contributed by atoms with E-state index in [2.05, 4.69) is 31.4 Å². The summed E-state index contributed by atoms with van der Waals surface area (Å²) in [4.78, 5) is 11.9.